The fourth-order valence-electron chi connectivity index (χ4n) is 1.47. The van der Waals surface area contributed by atoms with Gasteiger partial charge in [-0.25, -0.2) is 0 Å². The third-order valence-electron chi connectivity index (χ3n) is 2.14. The summed E-state index contributed by atoms with van der Waals surface area (Å²) in [6, 6.07) is 0. The Hall–Kier alpha value is -0.200. The van der Waals surface area contributed by atoms with Crippen LogP contribution in [0.4, 0.5) is 0 Å². The molecule has 0 aromatic rings. The highest BCUT2D eigenvalue weighted by atomic mass is 16.8. The Bertz CT molecular complexity index is 135. The molecule has 1 rings (SSSR count). The van der Waals surface area contributed by atoms with Crippen LogP contribution < -0.4 is 0 Å². The van der Waals surface area contributed by atoms with Gasteiger partial charge in [0.1, 0.15) is 12.2 Å². The van der Waals surface area contributed by atoms with Gasteiger partial charge in [0.2, 0.25) is 0 Å². The van der Waals surface area contributed by atoms with E-state index in [0.29, 0.717) is 0 Å². The Morgan fingerprint density at radius 3 is 1.31 bits per heavy atom. The van der Waals surface area contributed by atoms with Crippen molar-refractivity contribution in [3.05, 3.63) is 0 Å². The molecule has 0 radical (unpaired) electrons. The summed E-state index contributed by atoms with van der Waals surface area (Å²) < 4.78 is 25.9. The van der Waals surface area contributed by atoms with Crippen LogP contribution in [-0.4, -0.2) is 53.2 Å². The molecule has 0 saturated carbocycles. The summed E-state index contributed by atoms with van der Waals surface area (Å²) in [5.74, 6) is 0. The van der Waals surface area contributed by atoms with Gasteiger partial charge in [-0.1, -0.05) is 0 Å². The maximum atomic E-state index is 5.37. The van der Waals surface area contributed by atoms with Crippen LogP contribution in [0.2, 0.25) is 0 Å². The van der Waals surface area contributed by atoms with Crippen LogP contribution >= 0.6 is 0 Å². The molecular formula is C8H16O5. The van der Waals surface area contributed by atoms with Crippen molar-refractivity contribution in [3.8, 4) is 0 Å². The van der Waals surface area contributed by atoms with Gasteiger partial charge in [0.15, 0.2) is 12.6 Å². The van der Waals surface area contributed by atoms with Crippen LogP contribution in [0.3, 0.4) is 0 Å². The largest absolute Gasteiger partial charge is 0.373 e. The van der Waals surface area contributed by atoms with E-state index in [2.05, 4.69) is 0 Å². The monoisotopic (exact) mass is 192 g/mol. The van der Waals surface area contributed by atoms with E-state index < -0.39 is 12.6 Å². The van der Waals surface area contributed by atoms with Gasteiger partial charge in [-0.3, -0.25) is 0 Å². The first-order valence-electron chi connectivity index (χ1n) is 4.05. The highest BCUT2D eigenvalue weighted by Gasteiger charge is 2.45. The third-order valence-corrected chi connectivity index (χ3v) is 2.14. The zero-order chi connectivity index (χ0) is 9.84. The molecule has 0 bridgehead atoms. The second kappa shape index (κ2) is 4.88. The quantitative estimate of drug-likeness (QED) is 0.627. The zero-order valence-corrected chi connectivity index (χ0v) is 8.35. The molecule has 4 unspecified atom stereocenters. The van der Waals surface area contributed by atoms with Crippen molar-refractivity contribution in [3.63, 3.8) is 0 Å². The molecule has 4 atom stereocenters. The number of methoxy groups -OCH3 is 4. The molecular weight excluding hydrogens is 176 g/mol. The van der Waals surface area contributed by atoms with Gasteiger partial charge < -0.3 is 23.7 Å². The molecule has 13 heavy (non-hydrogen) atoms. The molecule has 5 nitrogen and oxygen atoms in total. The van der Waals surface area contributed by atoms with Gasteiger partial charge in [0.05, 0.1) is 0 Å². The first-order valence-corrected chi connectivity index (χ1v) is 4.05. The lowest BCUT2D eigenvalue weighted by molar-refractivity contribution is -0.207. The molecule has 1 aliphatic rings. The number of hydrogen-bond donors (Lipinski definition) is 0. The van der Waals surface area contributed by atoms with E-state index in [0.717, 1.165) is 0 Å². The van der Waals surface area contributed by atoms with Crippen LogP contribution in [0, 0.1) is 0 Å². The van der Waals surface area contributed by atoms with Crippen LogP contribution in [0.25, 0.3) is 0 Å². The molecule has 0 aliphatic carbocycles. The summed E-state index contributed by atoms with van der Waals surface area (Å²) in [6.07, 6.45) is -1.36. The van der Waals surface area contributed by atoms with Crippen LogP contribution in [-0.2, 0) is 23.7 Å². The van der Waals surface area contributed by atoms with E-state index >= 15 is 0 Å². The standard InChI is InChI=1S/C8H16O5/c1-9-5-6(10-2)8(12-4)13-7(5)11-3/h5-8H,1-4H3. The maximum absolute atomic E-state index is 5.37. The molecule has 1 saturated heterocycles. The van der Waals surface area contributed by atoms with E-state index in [-0.39, 0.29) is 12.2 Å². The molecule has 0 N–H and O–H groups in total. The first-order chi connectivity index (χ1) is 6.28. The van der Waals surface area contributed by atoms with Gasteiger partial charge in [-0.05, 0) is 0 Å². The lowest BCUT2D eigenvalue weighted by Crippen LogP contribution is -2.37. The molecule has 1 fully saturated rings. The van der Waals surface area contributed by atoms with Crippen molar-refractivity contribution in [2.45, 2.75) is 24.8 Å². The summed E-state index contributed by atoms with van der Waals surface area (Å²) in [5, 5.41) is 0. The second-order valence-electron chi connectivity index (χ2n) is 2.74. The summed E-state index contributed by atoms with van der Waals surface area (Å²) in [5.41, 5.74) is 0. The van der Waals surface area contributed by atoms with Gasteiger partial charge in [0, 0.05) is 28.4 Å². The highest BCUT2D eigenvalue weighted by Crippen LogP contribution is 2.26. The Kier molecular flexibility index (Phi) is 4.08. The number of rotatable bonds is 4. The molecule has 0 amide bonds. The molecule has 78 valence electrons. The molecule has 0 aromatic carbocycles. The Balaban J connectivity index is 2.65. The average molecular weight is 192 g/mol. The Labute approximate surface area is 77.9 Å². The van der Waals surface area contributed by atoms with E-state index in [1.165, 1.54) is 0 Å². The minimum absolute atomic E-state index is 0.250. The van der Waals surface area contributed by atoms with Crippen molar-refractivity contribution >= 4 is 0 Å². The second-order valence-corrected chi connectivity index (χ2v) is 2.74. The van der Waals surface area contributed by atoms with E-state index in [1.54, 1.807) is 28.4 Å². The van der Waals surface area contributed by atoms with E-state index in [4.69, 9.17) is 23.7 Å². The smallest absolute Gasteiger partial charge is 0.189 e. The van der Waals surface area contributed by atoms with Gasteiger partial charge in [0.25, 0.3) is 0 Å². The lowest BCUT2D eigenvalue weighted by Gasteiger charge is -2.19. The summed E-state index contributed by atoms with van der Waals surface area (Å²) in [4.78, 5) is 0. The molecule has 1 aliphatic heterocycles. The minimum Gasteiger partial charge on any atom is -0.373 e. The van der Waals surface area contributed by atoms with E-state index in [1.807, 2.05) is 0 Å². The normalized spacial score (nSPS) is 39.7. The fourth-order valence-corrected chi connectivity index (χ4v) is 1.47. The molecule has 0 spiro atoms. The summed E-state index contributed by atoms with van der Waals surface area (Å²) in [7, 11) is 6.29. The summed E-state index contributed by atoms with van der Waals surface area (Å²) in [6.45, 7) is 0. The van der Waals surface area contributed by atoms with E-state index in [9.17, 15) is 0 Å². The van der Waals surface area contributed by atoms with Crippen molar-refractivity contribution in [1.82, 2.24) is 0 Å². The highest BCUT2D eigenvalue weighted by molar-refractivity contribution is 4.84. The lowest BCUT2D eigenvalue weighted by atomic mass is 10.2. The Morgan fingerprint density at radius 1 is 0.692 bits per heavy atom. The zero-order valence-electron chi connectivity index (χ0n) is 8.35. The number of ether oxygens (including phenoxy) is 5. The van der Waals surface area contributed by atoms with Crippen molar-refractivity contribution in [2.24, 2.45) is 0 Å². The van der Waals surface area contributed by atoms with Crippen molar-refractivity contribution < 1.29 is 23.7 Å². The Morgan fingerprint density at radius 2 is 1.08 bits per heavy atom. The van der Waals surface area contributed by atoms with Gasteiger partial charge >= 0.3 is 0 Å². The van der Waals surface area contributed by atoms with Crippen LogP contribution in [0.5, 0.6) is 0 Å². The summed E-state index contributed by atoms with van der Waals surface area (Å²) >= 11 is 0. The number of hydrogen-bond acceptors (Lipinski definition) is 5. The molecule has 0 aromatic heterocycles. The SMILES string of the molecule is COC1OC(OC)C(OC)C1OC. The average Bonchev–Trinajstić information content (AvgIpc) is 2.54. The third kappa shape index (κ3) is 2.00. The van der Waals surface area contributed by atoms with Crippen molar-refractivity contribution in [2.75, 3.05) is 28.4 Å². The fraction of sp³-hybridized carbons (Fsp3) is 1.00. The predicted molar refractivity (Wildman–Crippen MR) is 44.3 cm³/mol. The maximum Gasteiger partial charge on any atom is 0.189 e. The van der Waals surface area contributed by atoms with Gasteiger partial charge in [-0.15, -0.1) is 0 Å². The topological polar surface area (TPSA) is 46.2 Å². The van der Waals surface area contributed by atoms with Crippen LogP contribution in [0.15, 0.2) is 0 Å². The molecule has 5 heteroatoms. The molecule has 1 heterocycles. The first kappa shape index (κ1) is 10.9. The van der Waals surface area contributed by atoms with Crippen molar-refractivity contribution in [1.29, 1.82) is 0 Å². The minimum atomic E-state index is -0.431. The van der Waals surface area contributed by atoms with Crippen LogP contribution in [0.1, 0.15) is 0 Å². The van der Waals surface area contributed by atoms with Gasteiger partial charge in [-0.2, -0.15) is 0 Å². The predicted octanol–water partition coefficient (Wildman–Crippen LogP) is -0.00840.